The molecule has 136 valence electrons. The van der Waals surface area contributed by atoms with Gasteiger partial charge < -0.3 is 15.4 Å². The molecule has 3 aromatic rings. The highest BCUT2D eigenvalue weighted by molar-refractivity contribution is 6.08. The number of carbonyl (C=O) groups is 2. The first-order valence-corrected chi connectivity index (χ1v) is 8.33. The number of hydrogen-bond donors (Lipinski definition) is 2. The molecule has 6 nitrogen and oxygen atoms in total. The maximum Gasteiger partial charge on any atom is 0.257 e. The Hall–Kier alpha value is -3.67. The van der Waals surface area contributed by atoms with Crippen molar-refractivity contribution in [2.75, 3.05) is 17.7 Å². The molecule has 0 unspecified atom stereocenters. The number of anilines is 2. The molecule has 0 bridgehead atoms. The van der Waals surface area contributed by atoms with Crippen LogP contribution in [0.5, 0.6) is 5.75 Å². The molecule has 2 N–H and O–H groups in total. The maximum atomic E-state index is 12.5. The Morgan fingerprint density at radius 1 is 0.852 bits per heavy atom. The predicted molar refractivity (Wildman–Crippen MR) is 104 cm³/mol. The number of hydrogen-bond acceptors (Lipinski definition) is 4. The summed E-state index contributed by atoms with van der Waals surface area (Å²) < 4.78 is 5.14. The first-order valence-electron chi connectivity index (χ1n) is 8.33. The van der Waals surface area contributed by atoms with Gasteiger partial charge in [-0.05, 0) is 42.8 Å². The Labute approximate surface area is 157 Å². The van der Waals surface area contributed by atoms with Gasteiger partial charge in [-0.2, -0.15) is 0 Å². The molecule has 1 heterocycles. The zero-order valence-electron chi connectivity index (χ0n) is 15.0. The molecule has 27 heavy (non-hydrogen) atoms. The van der Waals surface area contributed by atoms with E-state index in [9.17, 15) is 9.59 Å². The first-order chi connectivity index (χ1) is 13.0. The molecule has 0 aliphatic heterocycles. The van der Waals surface area contributed by atoms with Crippen LogP contribution in [-0.4, -0.2) is 23.9 Å². The summed E-state index contributed by atoms with van der Waals surface area (Å²) in [6.07, 6.45) is 2.84. The van der Waals surface area contributed by atoms with Crippen molar-refractivity contribution in [1.82, 2.24) is 4.98 Å². The molecule has 0 saturated carbocycles. The van der Waals surface area contributed by atoms with E-state index in [1.807, 2.05) is 25.1 Å². The van der Waals surface area contributed by atoms with Gasteiger partial charge >= 0.3 is 0 Å². The number of nitrogens with zero attached hydrogens (tertiary/aromatic N) is 1. The quantitative estimate of drug-likeness (QED) is 0.722. The molecule has 3 rings (SSSR count). The number of rotatable bonds is 5. The molecule has 0 fully saturated rings. The first kappa shape index (κ1) is 18.1. The van der Waals surface area contributed by atoms with E-state index < -0.39 is 0 Å². The second-order valence-corrected chi connectivity index (χ2v) is 5.97. The lowest BCUT2D eigenvalue weighted by atomic mass is 10.1. The molecule has 2 aromatic carbocycles. The highest BCUT2D eigenvalue weighted by Gasteiger charge is 2.12. The number of amides is 2. The number of pyridine rings is 1. The van der Waals surface area contributed by atoms with Crippen LogP contribution in [0.3, 0.4) is 0 Å². The Morgan fingerprint density at radius 3 is 2.04 bits per heavy atom. The van der Waals surface area contributed by atoms with E-state index in [2.05, 4.69) is 15.6 Å². The minimum absolute atomic E-state index is 0.287. The molecule has 0 aliphatic carbocycles. The Bertz CT molecular complexity index is 986. The van der Waals surface area contributed by atoms with Crippen molar-refractivity contribution >= 4 is 23.2 Å². The number of ether oxygens (including phenoxy) is 1. The van der Waals surface area contributed by atoms with Crippen LogP contribution in [0.15, 0.2) is 67.0 Å². The number of methoxy groups -OCH3 is 1. The third-order valence-corrected chi connectivity index (χ3v) is 3.87. The van der Waals surface area contributed by atoms with Gasteiger partial charge in [-0.1, -0.05) is 18.2 Å². The zero-order valence-corrected chi connectivity index (χ0v) is 15.0. The average Bonchev–Trinajstić information content (AvgIpc) is 2.68. The molecule has 1 aromatic heterocycles. The molecular formula is C21H19N3O3. The van der Waals surface area contributed by atoms with E-state index in [0.717, 1.165) is 5.56 Å². The highest BCUT2D eigenvalue weighted by atomic mass is 16.5. The summed E-state index contributed by atoms with van der Waals surface area (Å²) in [5.74, 6) is -0.0534. The van der Waals surface area contributed by atoms with E-state index in [4.69, 9.17) is 4.74 Å². The third kappa shape index (κ3) is 4.70. The van der Waals surface area contributed by atoms with E-state index in [-0.39, 0.29) is 17.4 Å². The fourth-order valence-corrected chi connectivity index (χ4v) is 2.52. The van der Waals surface area contributed by atoms with Crippen molar-refractivity contribution in [3.63, 3.8) is 0 Å². The number of carbonyl (C=O) groups excluding carboxylic acids is 2. The molecule has 0 aliphatic rings. The second-order valence-electron chi connectivity index (χ2n) is 5.97. The van der Waals surface area contributed by atoms with E-state index >= 15 is 0 Å². The van der Waals surface area contributed by atoms with Gasteiger partial charge in [0.15, 0.2) is 0 Å². The van der Waals surface area contributed by atoms with Crippen LogP contribution in [0.2, 0.25) is 0 Å². The van der Waals surface area contributed by atoms with Crippen LogP contribution in [0, 0.1) is 6.92 Å². The maximum absolute atomic E-state index is 12.5. The molecule has 0 atom stereocenters. The van der Waals surface area contributed by atoms with Crippen LogP contribution in [0.4, 0.5) is 11.4 Å². The molecule has 0 saturated heterocycles. The monoisotopic (exact) mass is 361 g/mol. The molecule has 2 amide bonds. The lowest BCUT2D eigenvalue weighted by molar-refractivity contribution is 0.102. The summed E-state index contributed by atoms with van der Waals surface area (Å²) in [5, 5.41) is 5.57. The van der Waals surface area contributed by atoms with Crippen molar-refractivity contribution in [1.29, 1.82) is 0 Å². The van der Waals surface area contributed by atoms with Gasteiger partial charge in [0.2, 0.25) is 0 Å². The summed E-state index contributed by atoms with van der Waals surface area (Å²) in [7, 11) is 1.56. The van der Waals surface area contributed by atoms with Crippen molar-refractivity contribution in [2.45, 2.75) is 6.92 Å². The van der Waals surface area contributed by atoms with Crippen molar-refractivity contribution in [2.24, 2.45) is 0 Å². The smallest absolute Gasteiger partial charge is 0.257 e. The lowest BCUT2D eigenvalue weighted by Crippen LogP contribution is -2.16. The van der Waals surface area contributed by atoms with Crippen molar-refractivity contribution in [3.8, 4) is 5.75 Å². The standard InChI is InChI=1S/C21H19N3O3/c1-14-5-3-6-17(9-14)23-20(25)15-10-16(13-22-12-15)21(26)24-18-7-4-8-19(11-18)27-2/h3-13H,1-2H3,(H,23,25)(H,24,26). The normalized spacial score (nSPS) is 10.1. The second kappa shape index (κ2) is 8.14. The van der Waals surface area contributed by atoms with E-state index in [1.165, 1.54) is 18.5 Å². The fourth-order valence-electron chi connectivity index (χ4n) is 2.52. The number of nitrogens with one attached hydrogen (secondary N) is 2. The molecule has 0 spiro atoms. The Kier molecular flexibility index (Phi) is 5.47. The van der Waals surface area contributed by atoms with Gasteiger partial charge in [0.05, 0.1) is 18.2 Å². The van der Waals surface area contributed by atoms with E-state index in [0.29, 0.717) is 22.7 Å². The predicted octanol–water partition coefficient (Wildman–Crippen LogP) is 3.90. The van der Waals surface area contributed by atoms with Gasteiger partial charge in [-0.15, -0.1) is 0 Å². The summed E-state index contributed by atoms with van der Waals surface area (Å²) in [6, 6.07) is 16.0. The van der Waals surface area contributed by atoms with Crippen LogP contribution in [0.25, 0.3) is 0 Å². The topological polar surface area (TPSA) is 80.3 Å². The van der Waals surface area contributed by atoms with Crippen LogP contribution < -0.4 is 15.4 Å². The zero-order chi connectivity index (χ0) is 19.2. The van der Waals surface area contributed by atoms with Gasteiger partial charge in [-0.3, -0.25) is 14.6 Å². The molecular weight excluding hydrogens is 342 g/mol. The number of aryl methyl sites for hydroxylation is 1. The minimum Gasteiger partial charge on any atom is -0.497 e. The summed E-state index contributed by atoms with van der Waals surface area (Å²) in [5.41, 5.74) is 2.90. The van der Waals surface area contributed by atoms with Crippen LogP contribution in [-0.2, 0) is 0 Å². The minimum atomic E-state index is -0.360. The molecule has 0 radical (unpaired) electrons. The third-order valence-electron chi connectivity index (χ3n) is 3.87. The van der Waals surface area contributed by atoms with Crippen LogP contribution in [0.1, 0.15) is 26.3 Å². The van der Waals surface area contributed by atoms with Crippen molar-refractivity contribution < 1.29 is 14.3 Å². The van der Waals surface area contributed by atoms with Gasteiger partial charge in [0.25, 0.3) is 11.8 Å². The van der Waals surface area contributed by atoms with Gasteiger partial charge in [0, 0.05) is 29.8 Å². The van der Waals surface area contributed by atoms with Gasteiger partial charge in [-0.25, -0.2) is 0 Å². The summed E-state index contributed by atoms with van der Waals surface area (Å²) in [6.45, 7) is 1.95. The highest BCUT2D eigenvalue weighted by Crippen LogP contribution is 2.18. The summed E-state index contributed by atoms with van der Waals surface area (Å²) >= 11 is 0. The lowest BCUT2D eigenvalue weighted by Gasteiger charge is -2.09. The largest absolute Gasteiger partial charge is 0.497 e. The SMILES string of the molecule is COc1cccc(NC(=O)c2cncc(C(=O)Nc3cccc(C)c3)c2)c1. The number of benzene rings is 2. The van der Waals surface area contributed by atoms with Crippen LogP contribution >= 0.6 is 0 Å². The summed E-state index contributed by atoms with van der Waals surface area (Å²) in [4.78, 5) is 28.9. The van der Waals surface area contributed by atoms with Crippen molar-refractivity contribution in [3.05, 3.63) is 83.7 Å². The Balaban J connectivity index is 1.74. The van der Waals surface area contributed by atoms with E-state index in [1.54, 1.807) is 37.4 Å². The Morgan fingerprint density at radius 2 is 1.44 bits per heavy atom. The molecule has 6 heteroatoms. The average molecular weight is 361 g/mol. The number of aromatic nitrogens is 1. The fraction of sp³-hybridized carbons (Fsp3) is 0.0952. The van der Waals surface area contributed by atoms with Gasteiger partial charge in [0.1, 0.15) is 5.75 Å².